The number of nitrogen functional groups attached to an aromatic ring is 1. The highest BCUT2D eigenvalue weighted by Crippen LogP contribution is 2.20. The quantitative estimate of drug-likeness (QED) is 0.450. The maximum absolute atomic E-state index is 11.3. The number of carbonyl (C=O) groups excluding carboxylic acids is 1. The van der Waals surface area contributed by atoms with Gasteiger partial charge in [-0.05, 0) is 22.4 Å². The monoisotopic (exact) mass is 246 g/mol. The molecule has 0 aliphatic carbocycles. The van der Waals surface area contributed by atoms with E-state index in [1.165, 1.54) is 4.68 Å². The SMILES string of the molecule is CCc1nn(C)c(C(=O)NN)c1Br. The molecule has 0 aliphatic rings. The van der Waals surface area contributed by atoms with Crippen molar-refractivity contribution in [1.82, 2.24) is 15.2 Å². The molecule has 3 N–H and O–H groups in total. The van der Waals surface area contributed by atoms with Crippen molar-refractivity contribution in [2.24, 2.45) is 12.9 Å². The van der Waals surface area contributed by atoms with Crippen LogP contribution >= 0.6 is 15.9 Å². The summed E-state index contributed by atoms with van der Waals surface area (Å²) in [7, 11) is 1.70. The predicted octanol–water partition coefficient (Wildman–Crippen LogP) is 0.349. The van der Waals surface area contributed by atoms with E-state index in [4.69, 9.17) is 5.84 Å². The van der Waals surface area contributed by atoms with E-state index in [1.54, 1.807) is 7.05 Å². The maximum Gasteiger partial charge on any atom is 0.284 e. The summed E-state index contributed by atoms with van der Waals surface area (Å²) in [6.45, 7) is 1.97. The lowest BCUT2D eigenvalue weighted by molar-refractivity contribution is 0.0943. The second-order valence-corrected chi connectivity index (χ2v) is 3.35. The number of rotatable bonds is 2. The number of hydrazine groups is 1. The van der Waals surface area contributed by atoms with Crippen LogP contribution in [0, 0.1) is 0 Å². The van der Waals surface area contributed by atoms with Gasteiger partial charge in [0.05, 0.1) is 10.2 Å². The number of aromatic nitrogens is 2. The first kappa shape index (κ1) is 10.2. The molecule has 0 spiro atoms. The molecular weight excluding hydrogens is 236 g/mol. The van der Waals surface area contributed by atoms with Crippen molar-refractivity contribution in [1.29, 1.82) is 0 Å². The third kappa shape index (κ3) is 1.73. The van der Waals surface area contributed by atoms with Crippen LogP contribution in [0.15, 0.2) is 4.47 Å². The van der Waals surface area contributed by atoms with E-state index in [0.717, 1.165) is 12.1 Å². The number of amides is 1. The smallest absolute Gasteiger partial charge is 0.284 e. The Bertz CT molecular complexity index is 333. The van der Waals surface area contributed by atoms with Crippen LogP contribution in [0.4, 0.5) is 0 Å². The summed E-state index contributed by atoms with van der Waals surface area (Å²) in [5.74, 6) is 4.69. The number of nitrogens with two attached hydrogens (primary N) is 1. The molecule has 1 amide bonds. The van der Waals surface area contributed by atoms with Crippen molar-refractivity contribution in [3.05, 3.63) is 15.9 Å². The van der Waals surface area contributed by atoms with Crippen LogP contribution in [0.2, 0.25) is 0 Å². The number of hydrogen-bond donors (Lipinski definition) is 2. The lowest BCUT2D eigenvalue weighted by Gasteiger charge is -1.99. The van der Waals surface area contributed by atoms with Crippen molar-refractivity contribution in [2.75, 3.05) is 0 Å². The van der Waals surface area contributed by atoms with Gasteiger partial charge in [0.1, 0.15) is 5.69 Å². The molecule has 1 aromatic rings. The summed E-state index contributed by atoms with van der Waals surface area (Å²) in [5, 5.41) is 4.15. The molecule has 0 aromatic carbocycles. The van der Waals surface area contributed by atoms with Gasteiger partial charge in [-0.3, -0.25) is 14.9 Å². The van der Waals surface area contributed by atoms with E-state index < -0.39 is 0 Å². The Kier molecular flexibility index (Phi) is 3.05. The fraction of sp³-hybridized carbons (Fsp3) is 0.429. The Labute approximate surface area is 84.4 Å². The third-order valence-electron chi connectivity index (χ3n) is 1.74. The summed E-state index contributed by atoms with van der Waals surface area (Å²) >= 11 is 3.30. The van der Waals surface area contributed by atoms with E-state index >= 15 is 0 Å². The normalized spacial score (nSPS) is 10.2. The molecule has 0 unspecified atom stereocenters. The molecule has 0 saturated carbocycles. The van der Waals surface area contributed by atoms with Gasteiger partial charge in [-0.2, -0.15) is 5.10 Å². The highest BCUT2D eigenvalue weighted by molar-refractivity contribution is 9.10. The van der Waals surface area contributed by atoms with Gasteiger partial charge in [-0.25, -0.2) is 5.84 Å². The minimum atomic E-state index is -0.346. The van der Waals surface area contributed by atoms with Gasteiger partial charge in [-0.15, -0.1) is 0 Å². The van der Waals surface area contributed by atoms with Crippen LogP contribution in [0.1, 0.15) is 23.1 Å². The Morgan fingerprint density at radius 2 is 2.38 bits per heavy atom. The summed E-state index contributed by atoms with van der Waals surface area (Å²) in [4.78, 5) is 11.3. The van der Waals surface area contributed by atoms with Gasteiger partial charge in [0, 0.05) is 7.05 Å². The van der Waals surface area contributed by atoms with Crippen LogP contribution < -0.4 is 11.3 Å². The fourth-order valence-electron chi connectivity index (χ4n) is 1.09. The van der Waals surface area contributed by atoms with E-state index in [0.29, 0.717) is 10.2 Å². The minimum absolute atomic E-state index is 0.346. The molecule has 0 bridgehead atoms. The Balaban J connectivity index is 3.20. The highest BCUT2D eigenvalue weighted by atomic mass is 79.9. The molecule has 0 saturated heterocycles. The largest absolute Gasteiger partial charge is 0.289 e. The molecule has 0 radical (unpaired) electrons. The molecule has 0 fully saturated rings. The van der Waals surface area contributed by atoms with Gasteiger partial charge >= 0.3 is 0 Å². The van der Waals surface area contributed by atoms with Crippen LogP contribution in [0.5, 0.6) is 0 Å². The lowest BCUT2D eigenvalue weighted by Crippen LogP contribution is -2.31. The van der Waals surface area contributed by atoms with E-state index in [9.17, 15) is 4.79 Å². The van der Waals surface area contributed by atoms with Crippen molar-refractivity contribution < 1.29 is 4.79 Å². The van der Waals surface area contributed by atoms with Crippen LogP contribution in [-0.2, 0) is 13.5 Å². The maximum atomic E-state index is 11.3. The molecule has 1 heterocycles. The summed E-state index contributed by atoms with van der Waals surface area (Å²) < 4.78 is 2.21. The first-order valence-electron chi connectivity index (χ1n) is 3.84. The zero-order valence-electron chi connectivity index (χ0n) is 7.47. The minimum Gasteiger partial charge on any atom is -0.289 e. The van der Waals surface area contributed by atoms with Crippen molar-refractivity contribution >= 4 is 21.8 Å². The first-order chi connectivity index (χ1) is 6.11. The molecule has 5 nitrogen and oxygen atoms in total. The van der Waals surface area contributed by atoms with E-state index in [2.05, 4.69) is 26.5 Å². The Morgan fingerprint density at radius 3 is 2.77 bits per heavy atom. The molecule has 1 aromatic heterocycles. The summed E-state index contributed by atoms with van der Waals surface area (Å²) in [6.07, 6.45) is 0.770. The average molecular weight is 247 g/mol. The zero-order valence-corrected chi connectivity index (χ0v) is 9.05. The predicted molar refractivity (Wildman–Crippen MR) is 51.9 cm³/mol. The molecule has 72 valence electrons. The van der Waals surface area contributed by atoms with Crippen molar-refractivity contribution in [3.63, 3.8) is 0 Å². The second kappa shape index (κ2) is 3.89. The number of halogens is 1. The standard InChI is InChI=1S/C7H11BrN4O/c1-3-4-5(8)6(7(13)10-9)12(2)11-4/h3,9H2,1-2H3,(H,10,13). The molecule has 13 heavy (non-hydrogen) atoms. The molecule has 0 atom stereocenters. The second-order valence-electron chi connectivity index (χ2n) is 2.56. The van der Waals surface area contributed by atoms with Crippen LogP contribution in [0.3, 0.4) is 0 Å². The van der Waals surface area contributed by atoms with Gasteiger partial charge < -0.3 is 0 Å². The number of hydrogen-bond acceptors (Lipinski definition) is 3. The van der Waals surface area contributed by atoms with Gasteiger partial charge in [0.25, 0.3) is 5.91 Å². The Morgan fingerprint density at radius 1 is 1.77 bits per heavy atom. The number of nitrogens with zero attached hydrogens (tertiary/aromatic N) is 2. The molecule has 0 aliphatic heterocycles. The number of nitrogens with one attached hydrogen (secondary N) is 1. The van der Waals surface area contributed by atoms with Gasteiger partial charge in [0.2, 0.25) is 0 Å². The van der Waals surface area contributed by atoms with Crippen molar-refractivity contribution in [3.8, 4) is 0 Å². The molecule has 6 heteroatoms. The molecule has 1 rings (SSSR count). The topological polar surface area (TPSA) is 72.9 Å². The first-order valence-corrected chi connectivity index (χ1v) is 4.63. The van der Waals surface area contributed by atoms with E-state index in [-0.39, 0.29) is 5.91 Å². The average Bonchev–Trinajstić information content (AvgIpc) is 2.40. The summed E-state index contributed by atoms with van der Waals surface area (Å²) in [5.41, 5.74) is 3.36. The Hall–Kier alpha value is -0.880. The van der Waals surface area contributed by atoms with E-state index in [1.807, 2.05) is 6.92 Å². The third-order valence-corrected chi connectivity index (χ3v) is 2.57. The van der Waals surface area contributed by atoms with Gasteiger partial charge in [-0.1, -0.05) is 6.92 Å². The van der Waals surface area contributed by atoms with Crippen LogP contribution in [-0.4, -0.2) is 15.7 Å². The van der Waals surface area contributed by atoms with Crippen LogP contribution in [0.25, 0.3) is 0 Å². The van der Waals surface area contributed by atoms with Gasteiger partial charge in [0.15, 0.2) is 0 Å². The zero-order chi connectivity index (χ0) is 10.0. The summed E-state index contributed by atoms with van der Waals surface area (Å²) in [6, 6.07) is 0. The lowest BCUT2D eigenvalue weighted by atomic mass is 10.3. The number of carbonyl (C=O) groups is 1. The highest BCUT2D eigenvalue weighted by Gasteiger charge is 2.17. The van der Waals surface area contributed by atoms with Crippen molar-refractivity contribution in [2.45, 2.75) is 13.3 Å². The molecular formula is C7H11BrN4O. The fourth-order valence-corrected chi connectivity index (χ4v) is 1.89. The number of aryl methyl sites for hydroxylation is 2.